The van der Waals surface area contributed by atoms with E-state index in [-0.39, 0.29) is 23.7 Å². The number of ether oxygens (including phenoxy) is 2. The maximum absolute atomic E-state index is 12.8. The lowest BCUT2D eigenvalue weighted by molar-refractivity contribution is -0.121. The van der Waals surface area contributed by atoms with Gasteiger partial charge in [0.05, 0.1) is 24.3 Å². The number of benzene rings is 4. The molecule has 1 heterocycles. The molecule has 1 aliphatic heterocycles. The summed E-state index contributed by atoms with van der Waals surface area (Å²) in [5.41, 5.74) is 6.15. The Morgan fingerprint density at radius 1 is 0.854 bits per heavy atom. The SMILES string of the molecule is COc1cc2c(cc1OC)C(C)N(CCCC(CCCNC(=O)CCc1ccc(Cl)c(Cl)c1)(c1ccccc1)c1ccccc1)CC2.Cl. The number of amides is 1. The minimum Gasteiger partial charge on any atom is -0.493 e. The molecular weight excluding hydrogens is 663 g/mol. The molecule has 4 aromatic rings. The predicted octanol–water partition coefficient (Wildman–Crippen LogP) is 9.65. The van der Waals surface area contributed by atoms with Crippen molar-refractivity contribution < 1.29 is 14.3 Å². The first-order valence-corrected chi connectivity index (χ1v) is 17.4. The van der Waals surface area contributed by atoms with Gasteiger partial charge in [-0.25, -0.2) is 0 Å². The number of hydrogen-bond donors (Lipinski definition) is 1. The molecule has 5 rings (SSSR count). The number of hydrogen-bond acceptors (Lipinski definition) is 4. The van der Waals surface area contributed by atoms with Crippen LogP contribution in [0.2, 0.25) is 10.0 Å². The van der Waals surface area contributed by atoms with Gasteiger partial charge in [0.25, 0.3) is 0 Å². The average Bonchev–Trinajstić information content (AvgIpc) is 3.11. The third kappa shape index (κ3) is 9.06. The number of carbonyl (C=O) groups is 1. The first kappa shape index (κ1) is 37.6. The number of aryl methyl sites for hydroxylation is 1. The third-order valence-electron chi connectivity index (χ3n) is 9.74. The fraction of sp³-hybridized carbons (Fsp3) is 0.375. The number of fused-ring (bicyclic) bond motifs is 1. The van der Waals surface area contributed by atoms with Crippen molar-refractivity contribution in [1.29, 1.82) is 0 Å². The quantitative estimate of drug-likeness (QED) is 0.125. The highest BCUT2D eigenvalue weighted by atomic mass is 35.5. The van der Waals surface area contributed by atoms with Gasteiger partial charge in [0.1, 0.15) is 0 Å². The average molecular weight is 710 g/mol. The van der Waals surface area contributed by atoms with Crippen LogP contribution in [-0.2, 0) is 23.1 Å². The van der Waals surface area contributed by atoms with Crippen LogP contribution in [0.4, 0.5) is 0 Å². The molecular formula is C40H47Cl3N2O3. The fourth-order valence-electron chi connectivity index (χ4n) is 7.13. The Morgan fingerprint density at radius 3 is 2.10 bits per heavy atom. The van der Waals surface area contributed by atoms with Crippen LogP contribution in [0.25, 0.3) is 0 Å². The highest BCUT2D eigenvalue weighted by Gasteiger charge is 2.34. The second-order valence-electron chi connectivity index (χ2n) is 12.5. The van der Waals surface area contributed by atoms with Crippen LogP contribution >= 0.6 is 35.6 Å². The summed E-state index contributed by atoms with van der Waals surface area (Å²) in [6, 6.07) is 31.9. The van der Waals surface area contributed by atoms with Crippen LogP contribution < -0.4 is 14.8 Å². The van der Waals surface area contributed by atoms with E-state index in [0.717, 1.165) is 62.3 Å². The van der Waals surface area contributed by atoms with Crippen molar-refractivity contribution in [2.45, 2.75) is 63.3 Å². The highest BCUT2D eigenvalue weighted by molar-refractivity contribution is 6.42. The maximum atomic E-state index is 12.8. The molecule has 8 heteroatoms. The van der Waals surface area contributed by atoms with E-state index in [2.05, 4.69) is 89.9 Å². The number of rotatable bonds is 15. The Hall–Kier alpha value is -3.22. The van der Waals surface area contributed by atoms with E-state index in [1.807, 2.05) is 12.1 Å². The van der Waals surface area contributed by atoms with E-state index in [0.29, 0.717) is 35.5 Å². The zero-order chi connectivity index (χ0) is 33.2. The van der Waals surface area contributed by atoms with Gasteiger partial charge < -0.3 is 14.8 Å². The van der Waals surface area contributed by atoms with E-state index in [1.54, 1.807) is 20.3 Å². The van der Waals surface area contributed by atoms with Crippen molar-refractivity contribution in [1.82, 2.24) is 10.2 Å². The van der Waals surface area contributed by atoms with Gasteiger partial charge >= 0.3 is 0 Å². The monoisotopic (exact) mass is 708 g/mol. The first-order valence-electron chi connectivity index (χ1n) is 16.6. The van der Waals surface area contributed by atoms with Gasteiger partial charge in [-0.15, -0.1) is 12.4 Å². The van der Waals surface area contributed by atoms with Crippen molar-refractivity contribution in [3.63, 3.8) is 0 Å². The van der Waals surface area contributed by atoms with Crippen LogP contribution in [0.5, 0.6) is 11.5 Å². The second kappa shape index (κ2) is 18.0. The molecule has 1 unspecified atom stereocenters. The molecule has 1 amide bonds. The lowest BCUT2D eigenvalue weighted by Crippen LogP contribution is -2.36. The van der Waals surface area contributed by atoms with Crippen LogP contribution in [0, 0.1) is 0 Å². The second-order valence-corrected chi connectivity index (χ2v) is 13.3. The number of carbonyl (C=O) groups excluding carboxylic acids is 1. The molecule has 0 aliphatic carbocycles. The number of nitrogens with one attached hydrogen (secondary N) is 1. The smallest absolute Gasteiger partial charge is 0.220 e. The van der Waals surface area contributed by atoms with Crippen molar-refractivity contribution in [3.8, 4) is 11.5 Å². The van der Waals surface area contributed by atoms with Crippen molar-refractivity contribution in [2.75, 3.05) is 33.9 Å². The lowest BCUT2D eigenvalue weighted by Gasteiger charge is -2.39. The molecule has 0 radical (unpaired) electrons. The minimum atomic E-state index is -0.166. The van der Waals surface area contributed by atoms with Crippen molar-refractivity contribution in [3.05, 3.63) is 129 Å². The van der Waals surface area contributed by atoms with E-state index in [4.69, 9.17) is 32.7 Å². The topological polar surface area (TPSA) is 50.8 Å². The third-order valence-corrected chi connectivity index (χ3v) is 10.5. The molecule has 0 fully saturated rings. The van der Waals surface area contributed by atoms with E-state index >= 15 is 0 Å². The van der Waals surface area contributed by atoms with Crippen molar-refractivity contribution >= 4 is 41.5 Å². The molecule has 48 heavy (non-hydrogen) atoms. The van der Waals surface area contributed by atoms with Crippen molar-refractivity contribution in [2.24, 2.45) is 0 Å². The molecule has 5 nitrogen and oxygen atoms in total. The summed E-state index contributed by atoms with van der Waals surface area (Å²) in [7, 11) is 3.40. The molecule has 0 aromatic heterocycles. The standard InChI is InChI=1S/C40H46Cl2N2O3.ClH/c1-29-34-28-38(47-3)37(46-2)27-31(34)20-25-44(29)24-11-22-40(32-12-6-4-7-13-32,33-14-8-5-9-15-33)21-10-23-43-39(45)19-17-30-16-18-35(41)36(42)26-30;/h4-9,12-16,18,26-29H,10-11,17,19-25H2,1-3H3,(H,43,45);1H. The Balaban J connectivity index is 0.00000520. The number of halogens is 3. The fourth-order valence-corrected chi connectivity index (χ4v) is 7.45. The number of methoxy groups -OCH3 is 2. The summed E-state index contributed by atoms with van der Waals surface area (Å²) in [5.74, 6) is 1.63. The maximum Gasteiger partial charge on any atom is 0.220 e. The van der Waals surface area contributed by atoms with E-state index in [9.17, 15) is 4.79 Å². The largest absolute Gasteiger partial charge is 0.493 e. The van der Waals surface area contributed by atoms with E-state index < -0.39 is 0 Å². The lowest BCUT2D eigenvalue weighted by atomic mass is 9.68. The molecule has 256 valence electrons. The zero-order valence-corrected chi connectivity index (χ0v) is 30.5. The Labute approximate surface area is 302 Å². The first-order chi connectivity index (χ1) is 22.8. The molecule has 4 aromatic carbocycles. The molecule has 1 aliphatic rings. The van der Waals surface area contributed by atoms with Crippen LogP contribution in [-0.4, -0.2) is 44.7 Å². The molecule has 1 N–H and O–H groups in total. The summed E-state index contributed by atoms with van der Waals surface area (Å²) in [6.07, 6.45) is 5.89. The molecule has 1 atom stereocenters. The Kier molecular flexibility index (Phi) is 14.1. The van der Waals surface area contributed by atoms with Crippen LogP contribution in [0.3, 0.4) is 0 Å². The van der Waals surface area contributed by atoms with Gasteiger partial charge in [-0.3, -0.25) is 9.69 Å². The number of nitrogens with zero attached hydrogens (tertiary/aromatic N) is 1. The highest BCUT2D eigenvalue weighted by Crippen LogP contribution is 2.42. The summed E-state index contributed by atoms with van der Waals surface area (Å²) >= 11 is 12.2. The molecule has 0 saturated carbocycles. The summed E-state index contributed by atoms with van der Waals surface area (Å²) < 4.78 is 11.2. The van der Waals surface area contributed by atoms with E-state index in [1.165, 1.54) is 22.3 Å². The summed E-state index contributed by atoms with van der Waals surface area (Å²) in [4.78, 5) is 15.4. The predicted molar refractivity (Wildman–Crippen MR) is 200 cm³/mol. The van der Waals surface area contributed by atoms with Crippen LogP contribution in [0.15, 0.2) is 91.0 Å². The van der Waals surface area contributed by atoms with Gasteiger partial charge in [0.15, 0.2) is 11.5 Å². The normalized spacial score (nSPS) is 14.5. The Morgan fingerprint density at radius 2 is 1.48 bits per heavy atom. The van der Waals surface area contributed by atoms with Gasteiger partial charge in [-0.05, 0) is 104 Å². The molecule has 0 spiro atoms. The minimum absolute atomic E-state index is 0. The summed E-state index contributed by atoms with van der Waals surface area (Å²) in [5, 5.41) is 4.21. The van der Waals surface area contributed by atoms with Gasteiger partial charge in [-0.1, -0.05) is 89.9 Å². The molecule has 0 bridgehead atoms. The Bertz CT molecular complexity index is 1580. The molecule has 0 saturated heterocycles. The summed E-state index contributed by atoms with van der Waals surface area (Å²) in [6.45, 7) is 4.95. The van der Waals surface area contributed by atoms with Gasteiger partial charge in [0, 0.05) is 31.0 Å². The van der Waals surface area contributed by atoms with Crippen LogP contribution in [0.1, 0.15) is 72.9 Å². The van der Waals surface area contributed by atoms with Gasteiger partial charge in [-0.2, -0.15) is 0 Å². The zero-order valence-electron chi connectivity index (χ0n) is 28.1. The van der Waals surface area contributed by atoms with Gasteiger partial charge in [0.2, 0.25) is 5.91 Å².